The first-order valence-corrected chi connectivity index (χ1v) is 6.45. The highest BCUT2D eigenvalue weighted by Crippen LogP contribution is 2.23. The fourth-order valence-electron chi connectivity index (χ4n) is 2.41. The summed E-state index contributed by atoms with van der Waals surface area (Å²) in [4.78, 5) is 25.4. The minimum atomic E-state index is -0.331. The second kappa shape index (κ2) is 6.61. The van der Waals surface area contributed by atoms with Gasteiger partial charge in [-0.3, -0.25) is 9.59 Å². The number of anilines is 1. The molecule has 2 atom stereocenters. The molecule has 1 aliphatic heterocycles. The van der Waals surface area contributed by atoms with E-state index >= 15 is 0 Å². The number of hydrogen-bond donors (Lipinski definition) is 2. The quantitative estimate of drug-likeness (QED) is 0.809. The zero-order chi connectivity index (χ0) is 14.0. The maximum absolute atomic E-state index is 12.4. The van der Waals surface area contributed by atoms with Crippen LogP contribution in [0.4, 0.5) is 5.69 Å². The van der Waals surface area contributed by atoms with E-state index in [9.17, 15) is 9.59 Å². The molecule has 20 heavy (non-hydrogen) atoms. The van der Waals surface area contributed by atoms with E-state index in [-0.39, 0.29) is 36.2 Å². The van der Waals surface area contributed by atoms with Gasteiger partial charge in [-0.05, 0) is 44.0 Å². The lowest BCUT2D eigenvalue weighted by Crippen LogP contribution is -2.48. The molecule has 110 valence electrons. The molecule has 0 spiro atoms. The summed E-state index contributed by atoms with van der Waals surface area (Å²) in [5, 5.41) is 0. The van der Waals surface area contributed by atoms with Crippen LogP contribution in [0.15, 0.2) is 24.3 Å². The Balaban J connectivity index is 0.00000200. The molecule has 0 aromatic heterocycles. The molecule has 2 unspecified atom stereocenters. The van der Waals surface area contributed by atoms with Crippen molar-refractivity contribution in [2.45, 2.75) is 25.8 Å². The molecule has 1 saturated heterocycles. The number of nitrogens with two attached hydrogens (primary N) is 2. The minimum Gasteiger partial charge on any atom is -0.399 e. The number of carbonyl (C=O) groups is 2. The number of primary amides is 1. The molecule has 0 saturated carbocycles. The van der Waals surface area contributed by atoms with E-state index in [0.29, 0.717) is 17.8 Å². The van der Waals surface area contributed by atoms with Crippen molar-refractivity contribution in [1.82, 2.24) is 4.90 Å². The molecule has 2 amide bonds. The van der Waals surface area contributed by atoms with Gasteiger partial charge < -0.3 is 16.4 Å². The third-order valence-corrected chi connectivity index (χ3v) is 3.70. The van der Waals surface area contributed by atoms with Crippen molar-refractivity contribution in [2.75, 3.05) is 12.3 Å². The van der Waals surface area contributed by atoms with Gasteiger partial charge in [-0.2, -0.15) is 0 Å². The molecule has 0 bridgehead atoms. The van der Waals surface area contributed by atoms with E-state index in [2.05, 4.69) is 0 Å². The molecular weight excluding hydrogens is 278 g/mol. The number of carbonyl (C=O) groups excluding carboxylic acids is 2. The normalized spacial score (nSPS) is 21.9. The fraction of sp³-hybridized carbons (Fsp3) is 0.429. The lowest BCUT2D eigenvalue weighted by Gasteiger charge is -2.37. The standard InChI is InChI=1S/C14H19N3O2.ClH/c1-9-2-3-11(13(16)18)8-17(9)14(19)10-4-6-12(15)7-5-10;/h4-7,9,11H,2-3,8,15H2,1H3,(H2,16,18);1H. The maximum atomic E-state index is 12.4. The first-order chi connectivity index (χ1) is 8.99. The highest BCUT2D eigenvalue weighted by atomic mass is 35.5. The number of piperidine rings is 1. The first-order valence-electron chi connectivity index (χ1n) is 6.45. The molecule has 4 N–H and O–H groups in total. The van der Waals surface area contributed by atoms with E-state index < -0.39 is 0 Å². The number of nitrogen functional groups attached to an aromatic ring is 1. The first kappa shape index (κ1) is 16.3. The van der Waals surface area contributed by atoms with Gasteiger partial charge >= 0.3 is 0 Å². The van der Waals surface area contributed by atoms with Crippen molar-refractivity contribution < 1.29 is 9.59 Å². The minimum absolute atomic E-state index is 0. The number of hydrogen-bond acceptors (Lipinski definition) is 3. The van der Waals surface area contributed by atoms with Crippen molar-refractivity contribution in [2.24, 2.45) is 11.7 Å². The van der Waals surface area contributed by atoms with E-state index in [4.69, 9.17) is 11.5 Å². The largest absolute Gasteiger partial charge is 0.399 e. The molecular formula is C14H20ClN3O2. The van der Waals surface area contributed by atoms with Crippen LogP contribution in [-0.2, 0) is 4.79 Å². The number of amides is 2. The Labute approximate surface area is 124 Å². The summed E-state index contributed by atoms with van der Waals surface area (Å²) in [7, 11) is 0. The van der Waals surface area contributed by atoms with Gasteiger partial charge in [0.2, 0.25) is 5.91 Å². The number of likely N-dealkylation sites (tertiary alicyclic amines) is 1. The molecule has 1 aromatic carbocycles. The van der Waals surface area contributed by atoms with Crippen LogP contribution in [0.1, 0.15) is 30.1 Å². The van der Waals surface area contributed by atoms with Crippen molar-refractivity contribution in [3.63, 3.8) is 0 Å². The van der Waals surface area contributed by atoms with Crippen LogP contribution in [0.2, 0.25) is 0 Å². The van der Waals surface area contributed by atoms with Gasteiger partial charge in [-0.15, -0.1) is 12.4 Å². The Morgan fingerprint density at radius 1 is 1.20 bits per heavy atom. The monoisotopic (exact) mass is 297 g/mol. The smallest absolute Gasteiger partial charge is 0.254 e. The number of nitrogens with zero attached hydrogens (tertiary/aromatic N) is 1. The summed E-state index contributed by atoms with van der Waals surface area (Å²) in [6, 6.07) is 6.94. The molecule has 1 heterocycles. The van der Waals surface area contributed by atoms with Gasteiger partial charge in [0.1, 0.15) is 0 Å². The SMILES string of the molecule is CC1CCC(C(N)=O)CN1C(=O)c1ccc(N)cc1.Cl. The summed E-state index contributed by atoms with van der Waals surface area (Å²) in [5.41, 5.74) is 12.2. The van der Waals surface area contributed by atoms with Crippen LogP contribution in [0.25, 0.3) is 0 Å². The van der Waals surface area contributed by atoms with Crippen molar-refractivity contribution >= 4 is 29.9 Å². The number of halogens is 1. The third kappa shape index (κ3) is 3.42. The van der Waals surface area contributed by atoms with Gasteiger partial charge in [0.15, 0.2) is 0 Å². The zero-order valence-corrected chi connectivity index (χ0v) is 12.2. The Bertz CT molecular complexity index is 490. The predicted octanol–water partition coefficient (Wildman–Crippen LogP) is 1.42. The van der Waals surface area contributed by atoms with Crippen LogP contribution in [0.3, 0.4) is 0 Å². The predicted molar refractivity (Wildman–Crippen MR) is 80.5 cm³/mol. The van der Waals surface area contributed by atoms with Gasteiger partial charge in [0.05, 0.1) is 5.92 Å². The van der Waals surface area contributed by atoms with Crippen LogP contribution >= 0.6 is 12.4 Å². The molecule has 1 aliphatic rings. The molecule has 5 nitrogen and oxygen atoms in total. The average Bonchev–Trinajstić information content (AvgIpc) is 2.39. The molecule has 0 aliphatic carbocycles. The van der Waals surface area contributed by atoms with Crippen LogP contribution < -0.4 is 11.5 Å². The highest BCUT2D eigenvalue weighted by Gasteiger charge is 2.31. The Kier molecular flexibility index (Phi) is 5.39. The van der Waals surface area contributed by atoms with Crippen LogP contribution in [0.5, 0.6) is 0 Å². The lowest BCUT2D eigenvalue weighted by molar-refractivity contribution is -0.123. The Morgan fingerprint density at radius 3 is 2.35 bits per heavy atom. The van der Waals surface area contributed by atoms with Crippen molar-refractivity contribution in [1.29, 1.82) is 0 Å². The Hall–Kier alpha value is -1.75. The summed E-state index contributed by atoms with van der Waals surface area (Å²) in [6.45, 7) is 2.39. The third-order valence-electron chi connectivity index (χ3n) is 3.70. The van der Waals surface area contributed by atoms with E-state index in [0.717, 1.165) is 12.8 Å². The zero-order valence-electron chi connectivity index (χ0n) is 11.4. The summed E-state index contributed by atoms with van der Waals surface area (Å²) >= 11 is 0. The summed E-state index contributed by atoms with van der Waals surface area (Å²) < 4.78 is 0. The second-order valence-corrected chi connectivity index (χ2v) is 5.11. The molecule has 0 radical (unpaired) electrons. The van der Waals surface area contributed by atoms with Crippen LogP contribution in [0, 0.1) is 5.92 Å². The van der Waals surface area contributed by atoms with E-state index in [1.165, 1.54) is 0 Å². The molecule has 2 rings (SSSR count). The topological polar surface area (TPSA) is 89.4 Å². The summed E-state index contributed by atoms with van der Waals surface area (Å²) in [5.74, 6) is -0.644. The molecule has 6 heteroatoms. The average molecular weight is 298 g/mol. The van der Waals surface area contributed by atoms with Gasteiger partial charge in [-0.25, -0.2) is 0 Å². The maximum Gasteiger partial charge on any atom is 0.254 e. The summed E-state index contributed by atoms with van der Waals surface area (Å²) in [6.07, 6.45) is 1.55. The van der Waals surface area contributed by atoms with Gasteiger partial charge in [-0.1, -0.05) is 0 Å². The van der Waals surface area contributed by atoms with Crippen LogP contribution in [-0.4, -0.2) is 29.3 Å². The lowest BCUT2D eigenvalue weighted by atomic mass is 9.92. The van der Waals surface area contributed by atoms with Gasteiger partial charge in [0, 0.05) is 23.8 Å². The molecule has 1 fully saturated rings. The van der Waals surface area contributed by atoms with Crippen molar-refractivity contribution in [3.05, 3.63) is 29.8 Å². The van der Waals surface area contributed by atoms with Gasteiger partial charge in [0.25, 0.3) is 5.91 Å². The van der Waals surface area contributed by atoms with Crippen molar-refractivity contribution in [3.8, 4) is 0 Å². The second-order valence-electron chi connectivity index (χ2n) is 5.11. The number of benzene rings is 1. The van der Waals surface area contributed by atoms with E-state index in [1.54, 1.807) is 29.2 Å². The highest BCUT2D eigenvalue weighted by molar-refractivity contribution is 5.95. The van der Waals surface area contributed by atoms with E-state index in [1.807, 2.05) is 6.92 Å². The Morgan fingerprint density at radius 2 is 1.80 bits per heavy atom. The fourth-order valence-corrected chi connectivity index (χ4v) is 2.41. The molecule has 1 aromatic rings. The number of rotatable bonds is 2.